The van der Waals surface area contributed by atoms with Crippen LogP contribution in [0, 0.1) is 0 Å². The summed E-state index contributed by atoms with van der Waals surface area (Å²) in [6.07, 6.45) is 6.20. The van der Waals surface area contributed by atoms with E-state index in [0.717, 1.165) is 0 Å². The van der Waals surface area contributed by atoms with Crippen LogP contribution in [0.5, 0.6) is 0 Å². The number of benzene rings is 1. The SMILES string of the molecule is [Li][CH]1C(C)=Cc2c1cc1c(c2Br)CCC1. The third-order valence-electron chi connectivity index (χ3n) is 3.92. The zero-order chi connectivity index (χ0) is 10.6. The minimum atomic E-state index is 0.613. The van der Waals surface area contributed by atoms with Crippen molar-refractivity contribution in [2.75, 3.05) is 0 Å². The van der Waals surface area contributed by atoms with Crippen LogP contribution >= 0.6 is 15.9 Å². The molecule has 72 valence electrons. The van der Waals surface area contributed by atoms with Gasteiger partial charge in [-0.05, 0) is 0 Å². The fourth-order valence-corrected chi connectivity index (χ4v) is 3.63. The molecule has 3 rings (SSSR count). The molecular formula is C13H12BrLi. The molecule has 1 unspecified atom stereocenters. The average Bonchev–Trinajstić information content (AvgIpc) is 2.77. The molecule has 0 heterocycles. The summed E-state index contributed by atoms with van der Waals surface area (Å²) in [6.45, 7) is 2.24. The van der Waals surface area contributed by atoms with Gasteiger partial charge in [0.1, 0.15) is 0 Å². The van der Waals surface area contributed by atoms with E-state index in [9.17, 15) is 0 Å². The summed E-state index contributed by atoms with van der Waals surface area (Å²) in [5.41, 5.74) is 7.61. The van der Waals surface area contributed by atoms with Gasteiger partial charge in [-0.25, -0.2) is 0 Å². The van der Waals surface area contributed by atoms with Crippen LogP contribution in [-0.2, 0) is 12.8 Å². The van der Waals surface area contributed by atoms with E-state index in [0.29, 0.717) is 4.59 Å². The molecule has 2 aliphatic carbocycles. The van der Waals surface area contributed by atoms with E-state index in [2.05, 4.69) is 52.7 Å². The van der Waals surface area contributed by atoms with Gasteiger partial charge >= 0.3 is 109 Å². The Kier molecular flexibility index (Phi) is 2.40. The molecule has 1 aromatic carbocycles. The van der Waals surface area contributed by atoms with E-state index >= 15 is 0 Å². The maximum atomic E-state index is 3.79. The van der Waals surface area contributed by atoms with Crippen molar-refractivity contribution < 1.29 is 0 Å². The van der Waals surface area contributed by atoms with Crippen molar-refractivity contribution in [1.82, 2.24) is 0 Å². The van der Waals surface area contributed by atoms with E-state index < -0.39 is 0 Å². The van der Waals surface area contributed by atoms with Gasteiger partial charge in [0, 0.05) is 0 Å². The van der Waals surface area contributed by atoms with E-state index in [4.69, 9.17) is 0 Å². The predicted octanol–water partition coefficient (Wildman–Crippen LogP) is 3.56. The standard InChI is InChI=1S/C13H12Br.Li/c1-8-5-10-7-9-3-2-4-11(9)13(14)12(10)6-8;/h5-7H,2-4H2,1H3;. The van der Waals surface area contributed by atoms with Crippen LogP contribution in [-0.4, -0.2) is 17.7 Å². The second kappa shape index (κ2) is 3.52. The first kappa shape index (κ1) is 10.2. The molecular weight excluding hydrogens is 243 g/mol. The third kappa shape index (κ3) is 1.41. The number of aryl methyl sites for hydroxylation is 1. The number of rotatable bonds is 0. The summed E-state index contributed by atoms with van der Waals surface area (Å²) in [6, 6.07) is 2.44. The number of hydrogen-bond acceptors (Lipinski definition) is 0. The molecule has 2 heteroatoms. The molecule has 0 nitrogen and oxygen atoms in total. The van der Waals surface area contributed by atoms with Gasteiger partial charge in [-0.2, -0.15) is 0 Å². The summed E-state index contributed by atoms with van der Waals surface area (Å²) in [5.74, 6) is 0. The van der Waals surface area contributed by atoms with Gasteiger partial charge in [0.25, 0.3) is 0 Å². The molecule has 1 atom stereocenters. The van der Waals surface area contributed by atoms with Crippen LogP contribution in [0.3, 0.4) is 0 Å². The second-order valence-corrected chi connectivity index (χ2v) is 5.59. The first-order valence-corrected chi connectivity index (χ1v) is 6.50. The van der Waals surface area contributed by atoms with E-state index in [1.165, 1.54) is 40.4 Å². The molecule has 0 aromatic heterocycles. The molecule has 0 aliphatic heterocycles. The fraction of sp³-hybridized carbons (Fsp3) is 0.385. The van der Waals surface area contributed by atoms with Gasteiger partial charge in [-0.1, -0.05) is 0 Å². The van der Waals surface area contributed by atoms with E-state index in [1.54, 1.807) is 11.1 Å². The zero-order valence-electron chi connectivity index (χ0n) is 9.23. The van der Waals surface area contributed by atoms with Crippen molar-refractivity contribution in [2.24, 2.45) is 0 Å². The van der Waals surface area contributed by atoms with Crippen LogP contribution in [0.4, 0.5) is 0 Å². The topological polar surface area (TPSA) is 0 Å². The van der Waals surface area contributed by atoms with E-state index in [-0.39, 0.29) is 0 Å². The minimum absolute atomic E-state index is 0.613. The Morgan fingerprint density at radius 2 is 2.20 bits per heavy atom. The number of hydrogen-bond donors (Lipinski definition) is 0. The van der Waals surface area contributed by atoms with Gasteiger partial charge in [0.05, 0.1) is 0 Å². The Morgan fingerprint density at radius 3 is 3.00 bits per heavy atom. The Balaban J connectivity index is 2.27. The fourth-order valence-electron chi connectivity index (χ4n) is 2.83. The zero-order valence-corrected chi connectivity index (χ0v) is 10.8. The summed E-state index contributed by atoms with van der Waals surface area (Å²) >= 11 is 6.10. The van der Waals surface area contributed by atoms with Crippen molar-refractivity contribution in [3.05, 3.63) is 38.4 Å². The Labute approximate surface area is 108 Å². The molecule has 0 bridgehead atoms. The first-order valence-electron chi connectivity index (χ1n) is 5.71. The van der Waals surface area contributed by atoms with Crippen molar-refractivity contribution >= 4 is 39.7 Å². The summed E-state index contributed by atoms with van der Waals surface area (Å²) in [4.78, 5) is 0. The Morgan fingerprint density at radius 1 is 1.40 bits per heavy atom. The van der Waals surface area contributed by atoms with Gasteiger partial charge in [-0.3, -0.25) is 0 Å². The molecule has 0 radical (unpaired) electrons. The maximum absolute atomic E-state index is 3.79. The molecule has 1 aromatic rings. The van der Waals surface area contributed by atoms with Gasteiger partial charge in [0.15, 0.2) is 0 Å². The Bertz CT molecular complexity index is 474. The van der Waals surface area contributed by atoms with Gasteiger partial charge in [-0.15, -0.1) is 0 Å². The van der Waals surface area contributed by atoms with Crippen LogP contribution < -0.4 is 0 Å². The molecule has 0 N–H and O–H groups in total. The molecule has 0 fully saturated rings. The van der Waals surface area contributed by atoms with E-state index in [1.807, 2.05) is 0 Å². The molecule has 0 saturated carbocycles. The average molecular weight is 255 g/mol. The van der Waals surface area contributed by atoms with Crippen LogP contribution in [0.2, 0.25) is 0 Å². The van der Waals surface area contributed by atoms with Crippen LogP contribution in [0.15, 0.2) is 16.1 Å². The summed E-state index contributed by atoms with van der Waals surface area (Å²) in [5, 5.41) is 0. The number of allylic oxidation sites excluding steroid dienone is 1. The quantitative estimate of drug-likeness (QED) is 0.622. The second-order valence-electron chi connectivity index (χ2n) is 4.79. The normalized spacial score (nSPS) is 22.7. The molecule has 0 saturated heterocycles. The van der Waals surface area contributed by atoms with Crippen molar-refractivity contribution in [3.8, 4) is 0 Å². The monoisotopic (exact) mass is 254 g/mol. The molecule has 0 amide bonds. The van der Waals surface area contributed by atoms with Crippen LogP contribution in [0.1, 0.15) is 40.2 Å². The van der Waals surface area contributed by atoms with Gasteiger partial charge in [0.2, 0.25) is 0 Å². The van der Waals surface area contributed by atoms with Crippen molar-refractivity contribution in [2.45, 2.75) is 30.8 Å². The van der Waals surface area contributed by atoms with Gasteiger partial charge < -0.3 is 0 Å². The van der Waals surface area contributed by atoms with Crippen molar-refractivity contribution in [1.29, 1.82) is 0 Å². The number of fused-ring (bicyclic) bond motifs is 2. The first-order chi connectivity index (χ1) is 7.18. The summed E-state index contributed by atoms with van der Waals surface area (Å²) < 4.78 is 1.98. The molecule has 15 heavy (non-hydrogen) atoms. The summed E-state index contributed by atoms with van der Waals surface area (Å²) in [7, 11) is 0. The van der Waals surface area contributed by atoms with Crippen molar-refractivity contribution in [3.63, 3.8) is 0 Å². The molecule has 0 spiro atoms. The van der Waals surface area contributed by atoms with Crippen LogP contribution in [0.25, 0.3) is 6.08 Å². The molecule has 2 aliphatic rings. The Hall–Kier alpha value is 0.0374. The predicted molar refractivity (Wildman–Crippen MR) is 68.3 cm³/mol. The third-order valence-corrected chi connectivity index (χ3v) is 4.83. The number of halogens is 1.